The highest BCUT2D eigenvalue weighted by molar-refractivity contribution is 5.02. The van der Waals surface area contributed by atoms with E-state index in [4.69, 9.17) is 5.73 Å². The first-order valence-corrected chi connectivity index (χ1v) is 4.48. The minimum atomic E-state index is 0.526. The molecule has 1 nitrogen and oxygen atoms in total. The van der Waals surface area contributed by atoms with Crippen LogP contribution in [0.4, 0.5) is 0 Å². The Balaban J connectivity index is 1.93. The fourth-order valence-corrected chi connectivity index (χ4v) is 2.46. The van der Waals surface area contributed by atoms with Crippen molar-refractivity contribution in [2.24, 2.45) is 17.1 Å². The zero-order chi connectivity index (χ0) is 7.19. The number of hydrogen-bond donors (Lipinski definition) is 1. The highest BCUT2D eigenvalue weighted by Gasteiger charge is 2.51. The first-order valence-electron chi connectivity index (χ1n) is 4.48. The molecule has 2 fully saturated rings. The van der Waals surface area contributed by atoms with Gasteiger partial charge < -0.3 is 5.73 Å². The summed E-state index contributed by atoms with van der Waals surface area (Å²) < 4.78 is 0. The summed E-state index contributed by atoms with van der Waals surface area (Å²) in [5.41, 5.74) is 6.62. The third kappa shape index (κ3) is 0.878. The Morgan fingerprint density at radius 1 is 1.30 bits per heavy atom. The average molecular weight is 139 g/mol. The van der Waals surface area contributed by atoms with Crippen LogP contribution in [-0.4, -0.2) is 6.04 Å². The maximum absolute atomic E-state index is 5.83. The van der Waals surface area contributed by atoms with E-state index in [9.17, 15) is 0 Å². The standard InChI is InChI=1S/C9H17N/c1-7-6-9(7)4-2-8(10)3-5-9/h7-8H,2-6,10H2,1H3. The molecular weight excluding hydrogens is 122 g/mol. The molecule has 0 amide bonds. The zero-order valence-electron chi connectivity index (χ0n) is 6.77. The molecule has 2 N–H and O–H groups in total. The number of nitrogens with two attached hydrogens (primary N) is 1. The molecular formula is C9H17N. The van der Waals surface area contributed by atoms with Crippen LogP contribution in [0.15, 0.2) is 0 Å². The van der Waals surface area contributed by atoms with E-state index < -0.39 is 0 Å². The van der Waals surface area contributed by atoms with Gasteiger partial charge in [0.2, 0.25) is 0 Å². The van der Waals surface area contributed by atoms with Gasteiger partial charge in [-0.15, -0.1) is 0 Å². The highest BCUT2D eigenvalue weighted by Crippen LogP contribution is 2.60. The lowest BCUT2D eigenvalue weighted by Gasteiger charge is -2.26. The molecule has 1 atom stereocenters. The average Bonchev–Trinajstić information content (AvgIpc) is 2.53. The van der Waals surface area contributed by atoms with Gasteiger partial charge in [-0.05, 0) is 43.4 Å². The molecule has 0 radical (unpaired) electrons. The summed E-state index contributed by atoms with van der Waals surface area (Å²) in [5.74, 6) is 1.01. The van der Waals surface area contributed by atoms with Crippen LogP contribution in [0.3, 0.4) is 0 Å². The molecule has 1 spiro atoms. The van der Waals surface area contributed by atoms with Crippen LogP contribution in [0.5, 0.6) is 0 Å². The molecule has 0 aromatic rings. The first kappa shape index (κ1) is 6.66. The molecule has 58 valence electrons. The molecule has 0 aromatic heterocycles. The Morgan fingerprint density at radius 3 is 2.20 bits per heavy atom. The molecule has 0 saturated heterocycles. The van der Waals surface area contributed by atoms with Crippen molar-refractivity contribution in [3.8, 4) is 0 Å². The monoisotopic (exact) mass is 139 g/mol. The summed E-state index contributed by atoms with van der Waals surface area (Å²) in [5, 5.41) is 0. The van der Waals surface area contributed by atoms with Gasteiger partial charge in [0.25, 0.3) is 0 Å². The van der Waals surface area contributed by atoms with E-state index >= 15 is 0 Å². The lowest BCUT2D eigenvalue weighted by atomic mass is 9.82. The van der Waals surface area contributed by atoms with Crippen molar-refractivity contribution in [2.45, 2.75) is 45.1 Å². The van der Waals surface area contributed by atoms with Gasteiger partial charge in [0.15, 0.2) is 0 Å². The van der Waals surface area contributed by atoms with Crippen molar-refractivity contribution < 1.29 is 0 Å². The second-order valence-electron chi connectivity index (χ2n) is 4.30. The van der Waals surface area contributed by atoms with E-state index in [-0.39, 0.29) is 0 Å². The first-order chi connectivity index (χ1) is 4.73. The van der Waals surface area contributed by atoms with Gasteiger partial charge in [-0.25, -0.2) is 0 Å². The predicted octanol–water partition coefficient (Wildman–Crippen LogP) is 1.91. The third-order valence-electron chi connectivity index (χ3n) is 3.62. The molecule has 2 aliphatic carbocycles. The summed E-state index contributed by atoms with van der Waals surface area (Å²) >= 11 is 0. The molecule has 0 bridgehead atoms. The highest BCUT2D eigenvalue weighted by atomic mass is 14.7. The van der Waals surface area contributed by atoms with Gasteiger partial charge in [0, 0.05) is 6.04 Å². The molecule has 0 aromatic carbocycles. The minimum Gasteiger partial charge on any atom is -0.328 e. The summed E-state index contributed by atoms with van der Waals surface area (Å²) in [7, 11) is 0. The number of hydrogen-bond acceptors (Lipinski definition) is 1. The quantitative estimate of drug-likeness (QED) is 0.545. The molecule has 2 aliphatic rings. The van der Waals surface area contributed by atoms with Gasteiger partial charge in [-0.2, -0.15) is 0 Å². The normalized spacial score (nSPS) is 53.4. The van der Waals surface area contributed by atoms with Crippen LogP contribution in [0.1, 0.15) is 39.0 Å². The van der Waals surface area contributed by atoms with Gasteiger partial charge in [0.05, 0.1) is 0 Å². The van der Waals surface area contributed by atoms with Crippen molar-refractivity contribution in [2.75, 3.05) is 0 Å². The zero-order valence-corrected chi connectivity index (χ0v) is 6.77. The predicted molar refractivity (Wildman–Crippen MR) is 42.7 cm³/mol. The van der Waals surface area contributed by atoms with E-state index in [0.29, 0.717) is 6.04 Å². The van der Waals surface area contributed by atoms with Crippen LogP contribution < -0.4 is 5.73 Å². The lowest BCUT2D eigenvalue weighted by molar-refractivity contribution is 0.287. The Labute approximate surface area is 63.0 Å². The van der Waals surface area contributed by atoms with Gasteiger partial charge >= 0.3 is 0 Å². The smallest absolute Gasteiger partial charge is 0.00392 e. The van der Waals surface area contributed by atoms with Crippen LogP contribution in [0.25, 0.3) is 0 Å². The molecule has 0 heterocycles. The van der Waals surface area contributed by atoms with E-state index in [1.165, 1.54) is 32.1 Å². The Morgan fingerprint density at radius 2 is 1.80 bits per heavy atom. The van der Waals surface area contributed by atoms with Crippen molar-refractivity contribution in [3.05, 3.63) is 0 Å². The molecule has 0 aliphatic heterocycles. The van der Waals surface area contributed by atoms with E-state index in [1.807, 2.05) is 0 Å². The Kier molecular flexibility index (Phi) is 1.31. The summed E-state index contributed by atoms with van der Waals surface area (Å²) in [6, 6.07) is 0.526. The van der Waals surface area contributed by atoms with Gasteiger partial charge in [-0.3, -0.25) is 0 Å². The van der Waals surface area contributed by atoms with Gasteiger partial charge in [-0.1, -0.05) is 6.92 Å². The number of rotatable bonds is 0. The SMILES string of the molecule is CC1CC12CCC(N)CC2. The Bertz CT molecular complexity index is 134. The maximum Gasteiger partial charge on any atom is 0.00392 e. The topological polar surface area (TPSA) is 26.0 Å². The van der Waals surface area contributed by atoms with E-state index in [1.54, 1.807) is 0 Å². The summed E-state index contributed by atoms with van der Waals surface area (Å²) in [4.78, 5) is 0. The van der Waals surface area contributed by atoms with Crippen molar-refractivity contribution >= 4 is 0 Å². The fourth-order valence-electron chi connectivity index (χ4n) is 2.46. The molecule has 10 heavy (non-hydrogen) atoms. The van der Waals surface area contributed by atoms with Crippen molar-refractivity contribution in [1.29, 1.82) is 0 Å². The Hall–Kier alpha value is -0.0400. The second kappa shape index (κ2) is 1.97. The summed E-state index contributed by atoms with van der Waals surface area (Å²) in [6.07, 6.45) is 6.87. The van der Waals surface area contributed by atoms with Crippen LogP contribution in [-0.2, 0) is 0 Å². The third-order valence-corrected chi connectivity index (χ3v) is 3.62. The minimum absolute atomic E-state index is 0.526. The van der Waals surface area contributed by atoms with Crippen LogP contribution >= 0.6 is 0 Å². The van der Waals surface area contributed by atoms with Gasteiger partial charge in [0.1, 0.15) is 0 Å². The van der Waals surface area contributed by atoms with Crippen molar-refractivity contribution in [1.82, 2.24) is 0 Å². The van der Waals surface area contributed by atoms with E-state index in [2.05, 4.69) is 6.92 Å². The molecule has 2 rings (SSSR count). The van der Waals surface area contributed by atoms with E-state index in [0.717, 1.165) is 11.3 Å². The van der Waals surface area contributed by atoms with Crippen LogP contribution in [0.2, 0.25) is 0 Å². The molecule has 1 unspecified atom stereocenters. The second-order valence-corrected chi connectivity index (χ2v) is 4.30. The fraction of sp³-hybridized carbons (Fsp3) is 1.00. The van der Waals surface area contributed by atoms with Crippen molar-refractivity contribution in [3.63, 3.8) is 0 Å². The lowest BCUT2D eigenvalue weighted by Crippen LogP contribution is -2.27. The largest absolute Gasteiger partial charge is 0.328 e. The van der Waals surface area contributed by atoms with Crippen LogP contribution in [0, 0.1) is 11.3 Å². The maximum atomic E-state index is 5.83. The summed E-state index contributed by atoms with van der Waals surface area (Å²) in [6.45, 7) is 2.39. The molecule has 1 heteroatoms. The molecule has 2 saturated carbocycles.